The van der Waals surface area contributed by atoms with Gasteiger partial charge in [0, 0.05) is 16.7 Å². The van der Waals surface area contributed by atoms with Gasteiger partial charge in [-0.3, -0.25) is 0 Å². The van der Waals surface area contributed by atoms with Gasteiger partial charge in [-0.1, -0.05) is 23.8 Å². The Morgan fingerprint density at radius 1 is 1.00 bits per heavy atom. The number of hydrogen-bond acceptors (Lipinski definition) is 6. The standard InChI is InChI=1S/C27H23FN4O3/c1-15-4-10-22-19(12-15)24-23(26(35-22)20-13-18(33-2)9-11-21(20)34-3)25(16-5-7-17(28)8-6-16)32-27(31-24)29-14-30-32/h4-14,25-26H,1-3H3,(H,29,30,31)/t25-,26+/m1/s1. The summed E-state index contributed by atoms with van der Waals surface area (Å²) in [5, 5.41) is 7.99. The van der Waals surface area contributed by atoms with Crippen molar-refractivity contribution < 1.29 is 18.6 Å². The second kappa shape index (κ2) is 8.16. The molecular weight excluding hydrogens is 447 g/mol. The van der Waals surface area contributed by atoms with Crippen molar-refractivity contribution in [1.29, 1.82) is 0 Å². The van der Waals surface area contributed by atoms with E-state index in [1.165, 1.54) is 18.5 Å². The summed E-state index contributed by atoms with van der Waals surface area (Å²) in [6.07, 6.45) is 0.973. The molecule has 3 aromatic carbocycles. The molecule has 35 heavy (non-hydrogen) atoms. The van der Waals surface area contributed by atoms with E-state index < -0.39 is 6.10 Å². The molecule has 7 nitrogen and oxygen atoms in total. The lowest BCUT2D eigenvalue weighted by Gasteiger charge is -2.39. The number of rotatable bonds is 4. The zero-order valence-corrected chi connectivity index (χ0v) is 19.4. The highest BCUT2D eigenvalue weighted by atomic mass is 19.1. The average molecular weight is 471 g/mol. The fourth-order valence-electron chi connectivity index (χ4n) is 4.85. The minimum absolute atomic E-state index is 0.303. The molecule has 176 valence electrons. The number of benzene rings is 3. The van der Waals surface area contributed by atoms with Gasteiger partial charge in [0.1, 0.15) is 35.4 Å². The lowest BCUT2D eigenvalue weighted by atomic mass is 9.84. The molecule has 2 aliphatic heterocycles. The van der Waals surface area contributed by atoms with E-state index in [1.54, 1.807) is 31.0 Å². The largest absolute Gasteiger partial charge is 0.497 e. The highest BCUT2D eigenvalue weighted by molar-refractivity contribution is 5.85. The number of fused-ring (bicyclic) bond motifs is 3. The number of anilines is 1. The molecule has 2 aliphatic rings. The van der Waals surface area contributed by atoms with E-state index in [9.17, 15) is 4.39 Å². The van der Waals surface area contributed by atoms with E-state index in [0.717, 1.165) is 39.3 Å². The van der Waals surface area contributed by atoms with E-state index >= 15 is 0 Å². The molecular formula is C27H23FN4O3. The highest BCUT2D eigenvalue weighted by Crippen LogP contribution is 2.52. The number of nitrogens with one attached hydrogen (secondary N) is 1. The number of nitrogens with zero attached hydrogens (tertiary/aromatic N) is 3. The van der Waals surface area contributed by atoms with Crippen molar-refractivity contribution in [3.05, 3.63) is 101 Å². The minimum atomic E-state index is -0.537. The van der Waals surface area contributed by atoms with Crippen LogP contribution in [0.4, 0.5) is 10.3 Å². The first-order chi connectivity index (χ1) is 17.1. The molecule has 0 saturated carbocycles. The van der Waals surface area contributed by atoms with Gasteiger partial charge < -0.3 is 19.5 Å². The maximum atomic E-state index is 13.9. The third-order valence-electron chi connectivity index (χ3n) is 6.47. The van der Waals surface area contributed by atoms with E-state index in [1.807, 2.05) is 37.3 Å². The van der Waals surface area contributed by atoms with Gasteiger partial charge in [0.2, 0.25) is 5.95 Å². The Balaban J connectivity index is 1.65. The Labute approximate surface area is 201 Å². The maximum Gasteiger partial charge on any atom is 0.226 e. The molecule has 0 radical (unpaired) electrons. The lowest BCUT2D eigenvalue weighted by molar-refractivity contribution is 0.217. The summed E-state index contributed by atoms with van der Waals surface area (Å²) in [4.78, 5) is 4.44. The zero-order chi connectivity index (χ0) is 24.1. The molecule has 0 saturated heterocycles. The van der Waals surface area contributed by atoms with Crippen LogP contribution in [0.5, 0.6) is 17.2 Å². The first kappa shape index (κ1) is 21.2. The maximum absolute atomic E-state index is 13.9. The third kappa shape index (κ3) is 3.41. The summed E-state index contributed by atoms with van der Waals surface area (Å²) < 4.78 is 33.6. The molecule has 8 heteroatoms. The number of ether oxygens (including phenoxy) is 3. The van der Waals surface area contributed by atoms with Gasteiger partial charge in [-0.05, 0) is 55.0 Å². The lowest BCUT2D eigenvalue weighted by Crippen LogP contribution is -2.32. The summed E-state index contributed by atoms with van der Waals surface area (Å²) in [5.41, 5.74) is 5.50. The van der Waals surface area contributed by atoms with Gasteiger partial charge >= 0.3 is 0 Å². The molecule has 1 N–H and O–H groups in total. The quantitative estimate of drug-likeness (QED) is 0.436. The Bertz CT molecular complexity index is 1460. The van der Waals surface area contributed by atoms with Crippen molar-refractivity contribution in [2.75, 3.05) is 19.5 Å². The third-order valence-corrected chi connectivity index (χ3v) is 6.47. The van der Waals surface area contributed by atoms with Crippen molar-refractivity contribution in [2.45, 2.75) is 19.1 Å². The van der Waals surface area contributed by atoms with Crippen LogP contribution in [0.2, 0.25) is 0 Å². The van der Waals surface area contributed by atoms with Crippen LogP contribution in [0.25, 0.3) is 5.70 Å². The molecule has 0 spiro atoms. The topological polar surface area (TPSA) is 70.4 Å². The van der Waals surface area contributed by atoms with Crippen LogP contribution in [0.15, 0.2) is 72.6 Å². The van der Waals surface area contributed by atoms with E-state index in [4.69, 9.17) is 14.2 Å². The number of aromatic nitrogens is 3. The van der Waals surface area contributed by atoms with Gasteiger partial charge in [0.05, 0.1) is 19.9 Å². The SMILES string of the molecule is COc1ccc(OC)c([C@@H]2Oc3ccc(C)cc3C3=C2[C@@H](c2ccc(F)cc2)n2ncnc2N3)c1. The van der Waals surface area contributed by atoms with E-state index in [0.29, 0.717) is 17.4 Å². The Kier molecular flexibility index (Phi) is 4.95. The summed E-state index contributed by atoms with van der Waals surface area (Å²) in [7, 11) is 3.26. The number of hydrogen-bond donors (Lipinski definition) is 1. The molecule has 3 heterocycles. The smallest absolute Gasteiger partial charge is 0.226 e. The zero-order valence-electron chi connectivity index (χ0n) is 19.4. The van der Waals surface area contributed by atoms with Gasteiger partial charge in [0.15, 0.2) is 6.10 Å². The van der Waals surface area contributed by atoms with Crippen LogP contribution >= 0.6 is 0 Å². The van der Waals surface area contributed by atoms with Crippen LogP contribution in [0.1, 0.15) is 34.4 Å². The average Bonchev–Trinajstić information content (AvgIpc) is 3.36. The molecule has 0 amide bonds. The van der Waals surface area contributed by atoms with E-state index in [2.05, 4.69) is 21.5 Å². The summed E-state index contributed by atoms with van der Waals surface area (Å²) in [6, 6.07) is 17.8. The summed E-state index contributed by atoms with van der Waals surface area (Å²) >= 11 is 0. The molecule has 2 atom stereocenters. The highest BCUT2D eigenvalue weighted by Gasteiger charge is 2.42. The van der Waals surface area contributed by atoms with Gasteiger partial charge in [-0.15, -0.1) is 0 Å². The van der Waals surface area contributed by atoms with Gasteiger partial charge in [0.25, 0.3) is 0 Å². The van der Waals surface area contributed by atoms with Crippen molar-refractivity contribution in [2.24, 2.45) is 0 Å². The summed E-state index contributed by atoms with van der Waals surface area (Å²) in [5.74, 6) is 2.39. The Hall–Kier alpha value is -4.33. The first-order valence-electron chi connectivity index (χ1n) is 11.2. The first-order valence-corrected chi connectivity index (χ1v) is 11.2. The van der Waals surface area contributed by atoms with Crippen molar-refractivity contribution in [1.82, 2.24) is 14.8 Å². The summed E-state index contributed by atoms with van der Waals surface area (Å²) in [6.45, 7) is 2.04. The van der Waals surface area contributed by atoms with Crippen molar-refractivity contribution in [3.8, 4) is 17.2 Å². The fourth-order valence-corrected chi connectivity index (χ4v) is 4.85. The molecule has 0 bridgehead atoms. The van der Waals surface area contributed by atoms with Gasteiger partial charge in [-0.2, -0.15) is 10.1 Å². The minimum Gasteiger partial charge on any atom is -0.497 e. The van der Waals surface area contributed by atoms with Crippen molar-refractivity contribution >= 4 is 11.6 Å². The number of methoxy groups -OCH3 is 2. The monoisotopic (exact) mass is 470 g/mol. The van der Waals surface area contributed by atoms with Crippen LogP contribution in [-0.4, -0.2) is 29.0 Å². The molecule has 4 aromatic rings. The van der Waals surface area contributed by atoms with E-state index in [-0.39, 0.29) is 11.9 Å². The molecule has 0 aliphatic carbocycles. The van der Waals surface area contributed by atoms with Crippen LogP contribution in [0, 0.1) is 12.7 Å². The predicted molar refractivity (Wildman–Crippen MR) is 129 cm³/mol. The van der Waals surface area contributed by atoms with Crippen molar-refractivity contribution in [3.63, 3.8) is 0 Å². The molecule has 1 aromatic heterocycles. The van der Waals surface area contributed by atoms with Crippen LogP contribution < -0.4 is 19.5 Å². The second-order valence-corrected chi connectivity index (χ2v) is 8.54. The molecule has 6 rings (SSSR count). The Morgan fingerprint density at radius 2 is 1.83 bits per heavy atom. The second-order valence-electron chi connectivity index (χ2n) is 8.54. The molecule has 0 unspecified atom stereocenters. The van der Waals surface area contributed by atoms with Crippen LogP contribution in [-0.2, 0) is 0 Å². The van der Waals surface area contributed by atoms with Crippen LogP contribution in [0.3, 0.4) is 0 Å². The number of halogens is 1. The molecule has 0 fully saturated rings. The number of aryl methyl sites for hydroxylation is 1. The Morgan fingerprint density at radius 3 is 2.60 bits per heavy atom. The normalized spacial score (nSPS) is 18.1. The van der Waals surface area contributed by atoms with Gasteiger partial charge in [-0.25, -0.2) is 9.07 Å². The predicted octanol–water partition coefficient (Wildman–Crippen LogP) is 5.30. The fraction of sp³-hybridized carbons (Fsp3) is 0.185.